The Morgan fingerprint density at radius 2 is 1.10 bits per heavy atom. The van der Waals surface area contributed by atoms with Crippen LogP contribution in [-0.2, 0) is 20.4 Å². The zero-order valence-corrected chi connectivity index (χ0v) is 11.9. The summed E-state index contributed by atoms with van der Waals surface area (Å²) < 4.78 is 0. The summed E-state index contributed by atoms with van der Waals surface area (Å²) in [5.41, 5.74) is 1.95. The Kier molecular flexibility index (Phi) is 9.08. The van der Waals surface area contributed by atoms with Gasteiger partial charge in [-0.05, 0) is 12.1 Å². The fraction of sp³-hybridized carbons (Fsp3) is 0. The number of hydrogen-bond donors (Lipinski definition) is 0. The average Bonchev–Trinajstić information content (AvgIpc) is 2.49. The third-order valence-electron chi connectivity index (χ3n) is 2.34. The molecule has 3 rings (SSSR count). The van der Waals surface area contributed by atoms with Crippen LogP contribution < -0.4 is 0 Å². The molecule has 2 aromatic heterocycles. The molecule has 0 aliphatic carbocycles. The normalized spacial score (nSPS) is 8.38. The van der Waals surface area contributed by atoms with Gasteiger partial charge in [0, 0.05) is 23.2 Å². The predicted molar refractivity (Wildman–Crippen MR) is 75.4 cm³/mol. The molecular formula is C12H8N4O4Pd. The van der Waals surface area contributed by atoms with E-state index < -0.39 is 0 Å². The van der Waals surface area contributed by atoms with Crippen LogP contribution in [0.3, 0.4) is 0 Å². The van der Waals surface area contributed by atoms with Gasteiger partial charge in [-0.2, -0.15) is 0 Å². The van der Waals surface area contributed by atoms with E-state index in [2.05, 4.69) is 34.2 Å². The second-order valence-corrected chi connectivity index (χ2v) is 3.36. The van der Waals surface area contributed by atoms with E-state index >= 15 is 0 Å². The molecule has 0 saturated heterocycles. The zero-order valence-electron chi connectivity index (χ0n) is 10.4. The van der Waals surface area contributed by atoms with Crippen molar-refractivity contribution in [1.29, 1.82) is 0 Å². The third kappa shape index (κ3) is 5.18. The van der Waals surface area contributed by atoms with Crippen LogP contribution in [-0.4, -0.2) is 9.97 Å². The van der Waals surface area contributed by atoms with Crippen molar-refractivity contribution < 1.29 is 20.4 Å². The molecular weight excluding hydrogens is 371 g/mol. The van der Waals surface area contributed by atoms with Crippen molar-refractivity contribution in [2.45, 2.75) is 0 Å². The van der Waals surface area contributed by atoms with Gasteiger partial charge >= 0.3 is 20.4 Å². The standard InChI is InChI=1S/C12H8N2.2HNO2.Pd/c1-3-9-5-6-10-4-2-8-14-12(10)11(9)13-7-1;2*2-1-3;/h1-8H;2*(H,2,3);/q;;;+2/p-2. The number of benzene rings is 1. The molecule has 3 aromatic rings. The minimum Gasteiger partial charge on any atom is -0.444 e. The Labute approximate surface area is 132 Å². The van der Waals surface area contributed by atoms with Crippen LogP contribution in [0.5, 0.6) is 0 Å². The number of aromatic nitrogens is 2. The van der Waals surface area contributed by atoms with Gasteiger partial charge in [-0.1, -0.05) is 24.3 Å². The van der Waals surface area contributed by atoms with E-state index in [0.29, 0.717) is 0 Å². The minimum atomic E-state index is 0. The van der Waals surface area contributed by atoms with Crippen molar-refractivity contribution in [2.75, 3.05) is 0 Å². The number of fused-ring (bicyclic) bond motifs is 3. The maximum Gasteiger partial charge on any atom is 2.00 e. The van der Waals surface area contributed by atoms with Gasteiger partial charge in [-0.3, -0.25) is 9.97 Å². The Bertz CT molecular complexity index is 650. The topological polar surface area (TPSA) is 131 Å². The largest absolute Gasteiger partial charge is 2.00 e. The van der Waals surface area contributed by atoms with Crippen molar-refractivity contribution in [3.8, 4) is 0 Å². The Morgan fingerprint density at radius 3 is 1.43 bits per heavy atom. The molecule has 0 fully saturated rings. The van der Waals surface area contributed by atoms with E-state index in [-0.39, 0.29) is 20.4 Å². The summed E-state index contributed by atoms with van der Waals surface area (Å²) >= 11 is 0. The first kappa shape index (κ1) is 18.5. The van der Waals surface area contributed by atoms with Crippen LogP contribution >= 0.6 is 0 Å². The second-order valence-electron chi connectivity index (χ2n) is 3.36. The summed E-state index contributed by atoms with van der Waals surface area (Å²) in [5.74, 6) is 0. The summed E-state index contributed by atoms with van der Waals surface area (Å²) in [6.45, 7) is 0. The zero-order chi connectivity index (χ0) is 14.8. The van der Waals surface area contributed by atoms with Crippen LogP contribution in [0, 0.1) is 20.2 Å². The monoisotopic (exact) mass is 378 g/mol. The fourth-order valence-electron chi connectivity index (χ4n) is 1.68. The van der Waals surface area contributed by atoms with Gasteiger partial charge in [0.25, 0.3) is 0 Å². The first-order valence-corrected chi connectivity index (χ1v) is 5.27. The molecule has 0 atom stereocenters. The molecule has 2 heterocycles. The first-order chi connectivity index (χ1) is 9.78. The number of pyridine rings is 2. The predicted octanol–water partition coefficient (Wildman–Crippen LogP) is 3.28. The van der Waals surface area contributed by atoms with Crippen molar-refractivity contribution in [2.24, 2.45) is 10.7 Å². The fourth-order valence-corrected chi connectivity index (χ4v) is 1.68. The van der Waals surface area contributed by atoms with Crippen LogP contribution in [0.25, 0.3) is 21.8 Å². The van der Waals surface area contributed by atoms with Crippen LogP contribution in [0.2, 0.25) is 0 Å². The van der Waals surface area contributed by atoms with Crippen molar-refractivity contribution in [3.63, 3.8) is 0 Å². The molecule has 0 radical (unpaired) electrons. The molecule has 0 saturated carbocycles. The minimum absolute atomic E-state index is 0. The molecule has 0 amide bonds. The van der Waals surface area contributed by atoms with Crippen molar-refractivity contribution >= 4 is 21.8 Å². The molecule has 0 N–H and O–H groups in total. The molecule has 8 nitrogen and oxygen atoms in total. The van der Waals surface area contributed by atoms with Gasteiger partial charge in [-0.15, -0.1) is 10.7 Å². The van der Waals surface area contributed by atoms with E-state index in [1.165, 1.54) is 0 Å². The summed E-state index contributed by atoms with van der Waals surface area (Å²) in [7, 11) is 0. The smallest absolute Gasteiger partial charge is 0.444 e. The maximum atomic E-state index is 8.00. The summed E-state index contributed by atoms with van der Waals surface area (Å²) in [6.07, 6.45) is 3.60. The SMILES string of the molecule is O=N[O-].O=N[O-].[Pd+2].c1cnc2c(c1)ccc1cccnc12. The molecule has 110 valence electrons. The summed E-state index contributed by atoms with van der Waals surface area (Å²) in [4.78, 5) is 24.7. The van der Waals surface area contributed by atoms with E-state index in [1.54, 1.807) is 12.4 Å². The van der Waals surface area contributed by atoms with E-state index in [0.717, 1.165) is 32.5 Å². The summed E-state index contributed by atoms with van der Waals surface area (Å²) in [5, 5.41) is 20.3. The molecule has 21 heavy (non-hydrogen) atoms. The second kappa shape index (κ2) is 10.3. The van der Waals surface area contributed by atoms with Crippen molar-refractivity contribution in [1.82, 2.24) is 9.97 Å². The van der Waals surface area contributed by atoms with E-state index in [1.807, 2.05) is 12.1 Å². The number of rotatable bonds is 0. The molecule has 0 spiro atoms. The Morgan fingerprint density at radius 1 is 0.762 bits per heavy atom. The maximum absolute atomic E-state index is 8.00. The van der Waals surface area contributed by atoms with E-state index in [4.69, 9.17) is 20.2 Å². The van der Waals surface area contributed by atoms with Gasteiger partial charge in [0.1, 0.15) is 0 Å². The Hall–Kier alpha value is -2.50. The average molecular weight is 379 g/mol. The van der Waals surface area contributed by atoms with Crippen LogP contribution in [0.1, 0.15) is 0 Å². The van der Waals surface area contributed by atoms with Gasteiger partial charge in [-0.25, -0.2) is 0 Å². The Balaban J connectivity index is 0.000000502. The molecule has 1 aromatic carbocycles. The van der Waals surface area contributed by atoms with Crippen LogP contribution in [0.15, 0.2) is 59.5 Å². The number of nitrogens with zero attached hydrogens (tertiary/aromatic N) is 4. The van der Waals surface area contributed by atoms with Gasteiger partial charge in [0.2, 0.25) is 0 Å². The molecule has 0 aliphatic heterocycles. The number of hydrogen-bond acceptors (Lipinski definition) is 8. The first-order valence-electron chi connectivity index (χ1n) is 5.27. The molecule has 0 bridgehead atoms. The van der Waals surface area contributed by atoms with Crippen molar-refractivity contribution in [3.05, 3.63) is 69.0 Å². The quantitative estimate of drug-likeness (QED) is 0.255. The van der Waals surface area contributed by atoms with E-state index in [9.17, 15) is 0 Å². The third-order valence-corrected chi connectivity index (χ3v) is 2.34. The molecule has 9 heteroatoms. The van der Waals surface area contributed by atoms with Gasteiger partial charge in [0.15, 0.2) is 0 Å². The molecule has 0 unspecified atom stereocenters. The van der Waals surface area contributed by atoms with Gasteiger partial charge in [0.05, 0.1) is 11.0 Å². The van der Waals surface area contributed by atoms with Crippen LogP contribution in [0.4, 0.5) is 0 Å². The molecule has 0 aliphatic rings. The van der Waals surface area contributed by atoms with Gasteiger partial charge < -0.3 is 20.2 Å². The summed E-state index contributed by atoms with van der Waals surface area (Å²) in [6, 6.07) is 12.1.